The van der Waals surface area contributed by atoms with Crippen LogP contribution in [0.25, 0.3) is 11.1 Å². The minimum Gasteiger partial charge on any atom is -0.296 e. The highest BCUT2D eigenvalue weighted by Crippen LogP contribution is 2.37. The quantitative estimate of drug-likeness (QED) is 0.266. The SMILES string of the molecule is CC(C)CCc1cc(-c2ccc(C(F)(F)F)cc2)cc(C2CCCN(C(C)c3ccc(C(F)(F)F)cc3)C2)c1. The molecule has 2 atom stereocenters. The van der Waals surface area contributed by atoms with Crippen LogP contribution in [0, 0.1) is 5.92 Å². The van der Waals surface area contributed by atoms with Crippen molar-refractivity contribution in [1.82, 2.24) is 4.90 Å². The number of piperidine rings is 1. The fraction of sp³-hybridized carbons (Fsp3) is 0.438. The van der Waals surface area contributed by atoms with Crippen molar-refractivity contribution in [1.29, 1.82) is 0 Å². The molecule has 0 saturated carbocycles. The van der Waals surface area contributed by atoms with Crippen LogP contribution in [0.15, 0.2) is 66.7 Å². The summed E-state index contributed by atoms with van der Waals surface area (Å²) in [6.45, 7) is 7.99. The van der Waals surface area contributed by atoms with Gasteiger partial charge in [-0.3, -0.25) is 4.90 Å². The number of alkyl halides is 6. The average Bonchev–Trinajstić information content (AvgIpc) is 2.90. The molecule has 3 aromatic carbocycles. The largest absolute Gasteiger partial charge is 0.416 e. The molecule has 4 rings (SSSR count). The van der Waals surface area contributed by atoms with Gasteiger partial charge < -0.3 is 0 Å². The molecule has 7 heteroatoms. The summed E-state index contributed by atoms with van der Waals surface area (Å²) in [7, 11) is 0. The molecule has 0 amide bonds. The van der Waals surface area contributed by atoms with Crippen molar-refractivity contribution in [3.8, 4) is 11.1 Å². The molecule has 0 radical (unpaired) electrons. The first-order valence-corrected chi connectivity index (χ1v) is 13.5. The van der Waals surface area contributed by atoms with Crippen molar-refractivity contribution in [2.75, 3.05) is 13.1 Å². The number of aryl methyl sites for hydroxylation is 1. The van der Waals surface area contributed by atoms with Gasteiger partial charge in [-0.05, 0) is 103 Å². The summed E-state index contributed by atoms with van der Waals surface area (Å²) >= 11 is 0. The summed E-state index contributed by atoms with van der Waals surface area (Å²) < 4.78 is 78.4. The van der Waals surface area contributed by atoms with Gasteiger partial charge in [-0.25, -0.2) is 0 Å². The van der Waals surface area contributed by atoms with Gasteiger partial charge in [0.15, 0.2) is 0 Å². The van der Waals surface area contributed by atoms with Crippen LogP contribution in [-0.4, -0.2) is 18.0 Å². The molecule has 1 heterocycles. The highest BCUT2D eigenvalue weighted by Gasteiger charge is 2.32. The number of benzene rings is 3. The smallest absolute Gasteiger partial charge is 0.296 e. The molecular formula is C32H35F6N. The van der Waals surface area contributed by atoms with Crippen LogP contribution < -0.4 is 0 Å². The van der Waals surface area contributed by atoms with Crippen LogP contribution >= 0.6 is 0 Å². The van der Waals surface area contributed by atoms with E-state index in [4.69, 9.17) is 0 Å². The minimum absolute atomic E-state index is 0.0337. The maximum absolute atomic E-state index is 13.1. The molecule has 0 aliphatic carbocycles. The Balaban J connectivity index is 1.59. The predicted molar refractivity (Wildman–Crippen MR) is 143 cm³/mol. The first kappa shape index (κ1) is 29.2. The molecule has 1 saturated heterocycles. The Morgan fingerprint density at radius 3 is 1.92 bits per heavy atom. The second kappa shape index (κ2) is 11.7. The van der Waals surface area contributed by atoms with E-state index in [1.54, 1.807) is 12.1 Å². The molecule has 0 spiro atoms. The third-order valence-electron chi connectivity index (χ3n) is 7.76. The normalized spacial score (nSPS) is 17.9. The Morgan fingerprint density at radius 2 is 1.36 bits per heavy atom. The highest BCUT2D eigenvalue weighted by atomic mass is 19.4. The molecular weight excluding hydrogens is 512 g/mol. The van der Waals surface area contributed by atoms with E-state index >= 15 is 0 Å². The monoisotopic (exact) mass is 547 g/mol. The standard InChI is InChI=1S/C32H35F6N/c1-21(2)6-7-23-17-27(25-10-14-30(15-11-25)32(36,37)38)19-28(18-23)26-5-4-16-39(20-26)22(3)24-8-12-29(13-9-24)31(33,34)35/h8-15,17-19,21-22,26H,4-7,16,20H2,1-3H3. The van der Waals surface area contributed by atoms with Crippen molar-refractivity contribution in [3.63, 3.8) is 0 Å². The number of nitrogens with zero attached hydrogens (tertiary/aromatic N) is 1. The molecule has 2 unspecified atom stereocenters. The van der Waals surface area contributed by atoms with Crippen molar-refractivity contribution < 1.29 is 26.3 Å². The van der Waals surface area contributed by atoms with Gasteiger partial charge in [0.1, 0.15) is 0 Å². The molecule has 0 N–H and O–H groups in total. The number of rotatable bonds is 7. The second-order valence-corrected chi connectivity index (χ2v) is 11.1. The van der Waals surface area contributed by atoms with Gasteiger partial charge in [-0.15, -0.1) is 0 Å². The van der Waals surface area contributed by atoms with Gasteiger partial charge in [-0.1, -0.05) is 56.3 Å². The number of hydrogen-bond acceptors (Lipinski definition) is 1. The van der Waals surface area contributed by atoms with Crippen molar-refractivity contribution in [3.05, 3.63) is 94.5 Å². The van der Waals surface area contributed by atoms with Crippen LogP contribution in [0.5, 0.6) is 0 Å². The average molecular weight is 548 g/mol. The molecule has 3 aromatic rings. The van der Waals surface area contributed by atoms with Gasteiger partial charge >= 0.3 is 12.4 Å². The van der Waals surface area contributed by atoms with Gasteiger partial charge in [0.05, 0.1) is 11.1 Å². The maximum atomic E-state index is 13.1. The van der Waals surface area contributed by atoms with Gasteiger partial charge in [0.25, 0.3) is 0 Å². The van der Waals surface area contributed by atoms with E-state index < -0.39 is 23.5 Å². The van der Waals surface area contributed by atoms with Crippen molar-refractivity contribution in [2.45, 2.75) is 70.8 Å². The van der Waals surface area contributed by atoms with E-state index in [0.29, 0.717) is 5.92 Å². The number of likely N-dealkylation sites (tertiary alicyclic amines) is 1. The summed E-state index contributed by atoms with van der Waals surface area (Å²) in [6, 6.07) is 17.1. The molecule has 39 heavy (non-hydrogen) atoms. The third-order valence-corrected chi connectivity index (χ3v) is 7.76. The topological polar surface area (TPSA) is 3.24 Å². The lowest BCUT2D eigenvalue weighted by Crippen LogP contribution is -2.36. The van der Waals surface area contributed by atoms with E-state index in [1.807, 2.05) is 6.92 Å². The molecule has 0 aromatic heterocycles. The molecule has 1 nitrogen and oxygen atoms in total. The lowest BCUT2D eigenvalue weighted by Gasteiger charge is -2.37. The molecule has 0 bridgehead atoms. The van der Waals surface area contributed by atoms with Crippen LogP contribution in [0.2, 0.25) is 0 Å². The second-order valence-electron chi connectivity index (χ2n) is 11.1. The minimum atomic E-state index is -4.38. The van der Waals surface area contributed by atoms with Crippen LogP contribution in [-0.2, 0) is 18.8 Å². The fourth-order valence-corrected chi connectivity index (χ4v) is 5.36. The van der Waals surface area contributed by atoms with Crippen LogP contribution in [0.3, 0.4) is 0 Å². The Bertz CT molecular complexity index is 1230. The molecule has 210 valence electrons. The zero-order valence-electron chi connectivity index (χ0n) is 22.5. The Kier molecular flexibility index (Phi) is 8.79. The van der Waals surface area contributed by atoms with Gasteiger partial charge in [0, 0.05) is 12.6 Å². The Hall–Kier alpha value is -2.80. The zero-order valence-corrected chi connectivity index (χ0v) is 22.5. The highest BCUT2D eigenvalue weighted by molar-refractivity contribution is 5.66. The van der Waals surface area contributed by atoms with Gasteiger partial charge in [-0.2, -0.15) is 26.3 Å². The predicted octanol–water partition coefficient (Wildman–Crippen LogP) is 9.92. The number of halogens is 6. The summed E-state index contributed by atoms with van der Waals surface area (Å²) in [4.78, 5) is 2.31. The van der Waals surface area contributed by atoms with E-state index in [0.717, 1.165) is 85.3 Å². The first-order chi connectivity index (χ1) is 18.3. The Labute approximate surface area is 226 Å². The summed E-state index contributed by atoms with van der Waals surface area (Å²) in [5.41, 5.74) is 3.53. The van der Waals surface area contributed by atoms with E-state index in [-0.39, 0.29) is 12.0 Å². The molecule has 1 aliphatic heterocycles. The van der Waals surface area contributed by atoms with Crippen LogP contribution in [0.1, 0.15) is 79.8 Å². The maximum Gasteiger partial charge on any atom is 0.416 e. The lowest BCUT2D eigenvalue weighted by molar-refractivity contribution is -0.138. The molecule has 1 aliphatic rings. The number of hydrogen-bond donors (Lipinski definition) is 0. The Morgan fingerprint density at radius 1 is 0.769 bits per heavy atom. The zero-order chi connectivity index (χ0) is 28.4. The summed E-state index contributed by atoms with van der Waals surface area (Å²) in [5.74, 6) is 0.751. The lowest BCUT2D eigenvalue weighted by atomic mass is 9.85. The van der Waals surface area contributed by atoms with Crippen LogP contribution in [0.4, 0.5) is 26.3 Å². The summed E-state index contributed by atoms with van der Waals surface area (Å²) in [6.07, 6.45) is -4.89. The van der Waals surface area contributed by atoms with E-state index in [1.165, 1.54) is 17.7 Å². The van der Waals surface area contributed by atoms with Crippen molar-refractivity contribution in [2.24, 2.45) is 5.92 Å². The molecule has 1 fully saturated rings. The third kappa shape index (κ3) is 7.44. The van der Waals surface area contributed by atoms with Crippen molar-refractivity contribution >= 4 is 0 Å². The van der Waals surface area contributed by atoms with E-state index in [9.17, 15) is 26.3 Å². The van der Waals surface area contributed by atoms with E-state index in [2.05, 4.69) is 36.9 Å². The first-order valence-electron chi connectivity index (χ1n) is 13.5. The summed E-state index contributed by atoms with van der Waals surface area (Å²) in [5, 5.41) is 0. The fourth-order valence-electron chi connectivity index (χ4n) is 5.36. The van der Waals surface area contributed by atoms with Gasteiger partial charge in [0.2, 0.25) is 0 Å².